The molecule has 2 rings (SSSR count). The van der Waals surface area contributed by atoms with Crippen molar-refractivity contribution in [2.24, 2.45) is 0 Å². The Morgan fingerprint density at radius 2 is 1.74 bits per heavy atom. The summed E-state index contributed by atoms with van der Waals surface area (Å²) in [5.41, 5.74) is 1.15. The first kappa shape index (κ1) is 16.4. The first-order chi connectivity index (χ1) is 11.1. The van der Waals surface area contributed by atoms with Crippen molar-refractivity contribution in [3.05, 3.63) is 53.6 Å². The number of nitrogens with one attached hydrogen (secondary N) is 1. The number of amides is 1. The van der Waals surface area contributed by atoms with Gasteiger partial charge in [0.15, 0.2) is 0 Å². The lowest BCUT2D eigenvalue weighted by Gasteiger charge is -2.11. The van der Waals surface area contributed by atoms with E-state index in [2.05, 4.69) is 10.1 Å². The lowest BCUT2D eigenvalue weighted by atomic mass is 10.1. The van der Waals surface area contributed by atoms with E-state index in [0.717, 1.165) is 0 Å². The van der Waals surface area contributed by atoms with E-state index in [0.29, 0.717) is 28.3 Å². The Hall–Kier alpha value is -3.02. The number of ether oxygens (including phenoxy) is 3. The predicted octanol–water partition coefficient (Wildman–Crippen LogP) is 2.74. The second-order valence-corrected chi connectivity index (χ2v) is 4.59. The van der Waals surface area contributed by atoms with Gasteiger partial charge in [0.05, 0.1) is 32.5 Å². The molecule has 0 spiro atoms. The molecule has 0 atom stereocenters. The smallest absolute Gasteiger partial charge is 0.337 e. The predicted molar refractivity (Wildman–Crippen MR) is 85.3 cm³/mol. The molecule has 1 N–H and O–H groups in total. The highest BCUT2D eigenvalue weighted by molar-refractivity contribution is 6.07. The summed E-state index contributed by atoms with van der Waals surface area (Å²) in [7, 11) is 4.30. The van der Waals surface area contributed by atoms with Crippen LogP contribution in [0.1, 0.15) is 20.7 Å². The van der Waals surface area contributed by atoms with Crippen molar-refractivity contribution in [1.29, 1.82) is 0 Å². The van der Waals surface area contributed by atoms with Crippen LogP contribution in [0.2, 0.25) is 0 Å². The molecule has 0 saturated heterocycles. The first-order valence-corrected chi connectivity index (χ1v) is 6.80. The van der Waals surface area contributed by atoms with Gasteiger partial charge in [-0.05, 0) is 36.4 Å². The lowest BCUT2D eigenvalue weighted by Crippen LogP contribution is -2.14. The van der Waals surface area contributed by atoms with E-state index in [-0.39, 0.29) is 5.91 Å². The minimum atomic E-state index is -0.472. The second-order valence-electron chi connectivity index (χ2n) is 4.59. The highest BCUT2D eigenvalue weighted by Crippen LogP contribution is 2.25. The molecule has 0 aliphatic heterocycles. The molecule has 2 aromatic rings. The summed E-state index contributed by atoms with van der Waals surface area (Å²) in [6.07, 6.45) is 0. The molecule has 0 aliphatic rings. The van der Waals surface area contributed by atoms with Crippen molar-refractivity contribution in [3.8, 4) is 11.5 Å². The number of benzene rings is 2. The molecule has 0 unspecified atom stereocenters. The maximum absolute atomic E-state index is 12.4. The van der Waals surface area contributed by atoms with Crippen LogP contribution in [-0.4, -0.2) is 33.2 Å². The summed E-state index contributed by atoms with van der Waals surface area (Å²) in [4.78, 5) is 24.0. The Morgan fingerprint density at radius 1 is 0.957 bits per heavy atom. The highest BCUT2D eigenvalue weighted by Gasteiger charge is 2.15. The Labute approximate surface area is 134 Å². The molecule has 6 nitrogen and oxygen atoms in total. The lowest BCUT2D eigenvalue weighted by molar-refractivity contribution is 0.0600. The molecule has 0 aliphatic carbocycles. The van der Waals surface area contributed by atoms with E-state index in [4.69, 9.17) is 9.47 Å². The Kier molecular flexibility index (Phi) is 5.19. The summed E-state index contributed by atoms with van der Waals surface area (Å²) in [6.45, 7) is 0. The van der Waals surface area contributed by atoms with E-state index < -0.39 is 5.97 Å². The van der Waals surface area contributed by atoms with Gasteiger partial charge in [-0.15, -0.1) is 0 Å². The van der Waals surface area contributed by atoms with E-state index >= 15 is 0 Å². The minimum absolute atomic E-state index is 0.329. The molecule has 0 heterocycles. The van der Waals surface area contributed by atoms with Crippen LogP contribution in [0.25, 0.3) is 0 Å². The van der Waals surface area contributed by atoms with E-state index in [1.807, 2.05) is 0 Å². The van der Waals surface area contributed by atoms with Gasteiger partial charge in [0, 0.05) is 5.69 Å². The van der Waals surface area contributed by atoms with Gasteiger partial charge < -0.3 is 19.5 Å². The number of methoxy groups -OCH3 is 3. The standard InChI is InChI=1S/C17H17NO5/c1-21-13-7-8-15(22-2)14(10-13)16(19)18-12-6-4-5-11(9-12)17(20)23-3/h4-10H,1-3H3,(H,18,19). The Balaban J connectivity index is 2.27. The average Bonchev–Trinajstić information content (AvgIpc) is 2.60. The van der Waals surface area contributed by atoms with Crippen LogP contribution in [-0.2, 0) is 4.74 Å². The van der Waals surface area contributed by atoms with Gasteiger partial charge in [0.2, 0.25) is 0 Å². The molecule has 1 amide bonds. The summed E-state index contributed by atoms with van der Waals surface area (Å²) >= 11 is 0. The molecular formula is C17H17NO5. The summed E-state index contributed by atoms with van der Waals surface area (Å²) in [5, 5.41) is 2.72. The number of esters is 1. The molecule has 6 heteroatoms. The number of hydrogen-bond acceptors (Lipinski definition) is 5. The second kappa shape index (κ2) is 7.31. The largest absolute Gasteiger partial charge is 0.497 e. The molecular weight excluding hydrogens is 298 g/mol. The summed E-state index contributed by atoms with van der Waals surface area (Å²) < 4.78 is 15.0. The first-order valence-electron chi connectivity index (χ1n) is 6.80. The van der Waals surface area contributed by atoms with Gasteiger partial charge in [0.25, 0.3) is 5.91 Å². The molecule has 120 valence electrons. The van der Waals surface area contributed by atoms with Gasteiger partial charge in [-0.25, -0.2) is 4.79 Å². The number of carbonyl (C=O) groups is 2. The zero-order valence-electron chi connectivity index (χ0n) is 13.1. The van der Waals surface area contributed by atoms with Crippen molar-refractivity contribution in [1.82, 2.24) is 0 Å². The fraction of sp³-hybridized carbons (Fsp3) is 0.176. The van der Waals surface area contributed by atoms with Gasteiger partial charge in [-0.1, -0.05) is 6.07 Å². The summed E-state index contributed by atoms with van der Waals surface area (Å²) in [5.74, 6) is 0.120. The van der Waals surface area contributed by atoms with Gasteiger partial charge in [-0.2, -0.15) is 0 Å². The van der Waals surface area contributed by atoms with E-state index in [1.54, 1.807) is 36.4 Å². The van der Waals surface area contributed by atoms with Gasteiger partial charge in [0.1, 0.15) is 11.5 Å². The average molecular weight is 315 g/mol. The molecule has 0 fully saturated rings. The number of hydrogen-bond donors (Lipinski definition) is 1. The fourth-order valence-electron chi connectivity index (χ4n) is 2.03. The third kappa shape index (κ3) is 3.79. The molecule has 2 aromatic carbocycles. The van der Waals surface area contributed by atoms with Crippen LogP contribution in [0.4, 0.5) is 5.69 Å². The topological polar surface area (TPSA) is 73.9 Å². The van der Waals surface area contributed by atoms with Crippen molar-refractivity contribution >= 4 is 17.6 Å². The van der Waals surface area contributed by atoms with Gasteiger partial charge >= 0.3 is 5.97 Å². The zero-order valence-corrected chi connectivity index (χ0v) is 13.1. The normalized spacial score (nSPS) is 9.87. The fourth-order valence-corrected chi connectivity index (χ4v) is 2.03. The number of carbonyl (C=O) groups excluding carboxylic acids is 2. The monoisotopic (exact) mass is 315 g/mol. The maximum Gasteiger partial charge on any atom is 0.337 e. The van der Waals surface area contributed by atoms with Crippen LogP contribution in [0, 0.1) is 0 Å². The summed E-state index contributed by atoms with van der Waals surface area (Å²) in [6, 6.07) is 11.4. The molecule has 0 radical (unpaired) electrons. The quantitative estimate of drug-likeness (QED) is 0.859. The molecule has 23 heavy (non-hydrogen) atoms. The number of anilines is 1. The van der Waals surface area contributed by atoms with E-state index in [9.17, 15) is 9.59 Å². The Bertz CT molecular complexity index is 727. The number of rotatable bonds is 5. The van der Waals surface area contributed by atoms with Crippen LogP contribution < -0.4 is 14.8 Å². The zero-order chi connectivity index (χ0) is 16.8. The van der Waals surface area contributed by atoms with Crippen LogP contribution in [0.5, 0.6) is 11.5 Å². The molecule has 0 aromatic heterocycles. The van der Waals surface area contributed by atoms with Crippen molar-refractivity contribution in [2.75, 3.05) is 26.6 Å². The molecule has 0 bridgehead atoms. The van der Waals surface area contributed by atoms with Crippen molar-refractivity contribution in [3.63, 3.8) is 0 Å². The SMILES string of the molecule is COC(=O)c1cccc(NC(=O)c2cc(OC)ccc2OC)c1. The van der Waals surface area contributed by atoms with Crippen molar-refractivity contribution in [2.45, 2.75) is 0 Å². The molecule has 0 saturated carbocycles. The third-order valence-corrected chi connectivity index (χ3v) is 3.19. The van der Waals surface area contributed by atoms with Crippen LogP contribution >= 0.6 is 0 Å². The van der Waals surface area contributed by atoms with Crippen molar-refractivity contribution < 1.29 is 23.8 Å². The van der Waals surface area contributed by atoms with Gasteiger partial charge in [-0.3, -0.25) is 4.79 Å². The third-order valence-electron chi connectivity index (χ3n) is 3.19. The highest BCUT2D eigenvalue weighted by atomic mass is 16.5. The Morgan fingerprint density at radius 3 is 2.39 bits per heavy atom. The van der Waals surface area contributed by atoms with E-state index in [1.165, 1.54) is 27.4 Å². The van der Waals surface area contributed by atoms with Crippen LogP contribution in [0.15, 0.2) is 42.5 Å². The maximum atomic E-state index is 12.4. The van der Waals surface area contributed by atoms with Crippen LogP contribution in [0.3, 0.4) is 0 Å². The minimum Gasteiger partial charge on any atom is -0.497 e.